The van der Waals surface area contributed by atoms with Gasteiger partial charge >= 0.3 is 0 Å². The predicted molar refractivity (Wildman–Crippen MR) is 86.0 cm³/mol. The summed E-state index contributed by atoms with van der Waals surface area (Å²) in [7, 11) is 0. The molecule has 0 saturated carbocycles. The van der Waals surface area contributed by atoms with Crippen molar-refractivity contribution in [3.05, 3.63) is 63.2 Å². The first-order chi connectivity index (χ1) is 9.65. The van der Waals surface area contributed by atoms with Crippen LogP contribution in [0.2, 0.25) is 10.0 Å². The summed E-state index contributed by atoms with van der Waals surface area (Å²) >= 11 is 15.6. The number of ether oxygens (including phenoxy) is 1. The summed E-state index contributed by atoms with van der Waals surface area (Å²) < 4.78 is 6.61. The van der Waals surface area contributed by atoms with Gasteiger partial charge in [-0.25, -0.2) is 4.98 Å². The summed E-state index contributed by atoms with van der Waals surface area (Å²) in [5, 5.41) is 2.97. The standard InChI is InChI=1S/C15H8BrCl2NO/c16-9-7-13(18)15(19-8-9)20-14-6-5-12(17)10-3-1-2-4-11(10)14/h1-8H. The zero-order valence-electron chi connectivity index (χ0n) is 10.1. The van der Waals surface area contributed by atoms with Crippen LogP contribution in [0.25, 0.3) is 10.8 Å². The van der Waals surface area contributed by atoms with Crippen LogP contribution >= 0.6 is 39.1 Å². The number of halogens is 3. The van der Waals surface area contributed by atoms with Crippen LogP contribution < -0.4 is 4.74 Å². The number of pyridine rings is 1. The normalized spacial score (nSPS) is 10.8. The van der Waals surface area contributed by atoms with Gasteiger partial charge in [0.1, 0.15) is 10.8 Å². The highest BCUT2D eigenvalue weighted by molar-refractivity contribution is 9.10. The summed E-state index contributed by atoms with van der Waals surface area (Å²) in [5.41, 5.74) is 0. The molecule has 0 aliphatic carbocycles. The van der Waals surface area contributed by atoms with E-state index in [4.69, 9.17) is 27.9 Å². The monoisotopic (exact) mass is 367 g/mol. The number of benzene rings is 2. The maximum Gasteiger partial charge on any atom is 0.238 e. The third-order valence-corrected chi connectivity index (χ3v) is 3.85. The van der Waals surface area contributed by atoms with Crippen molar-refractivity contribution in [2.24, 2.45) is 0 Å². The van der Waals surface area contributed by atoms with Crippen LogP contribution in [-0.4, -0.2) is 4.98 Å². The lowest BCUT2D eigenvalue weighted by Crippen LogP contribution is -1.90. The Morgan fingerprint density at radius 2 is 1.70 bits per heavy atom. The molecule has 0 amide bonds. The number of nitrogens with zero attached hydrogens (tertiary/aromatic N) is 1. The van der Waals surface area contributed by atoms with E-state index < -0.39 is 0 Å². The van der Waals surface area contributed by atoms with E-state index in [-0.39, 0.29) is 0 Å². The van der Waals surface area contributed by atoms with Crippen molar-refractivity contribution in [2.75, 3.05) is 0 Å². The Labute approximate surface area is 134 Å². The van der Waals surface area contributed by atoms with Gasteiger partial charge < -0.3 is 4.74 Å². The number of hydrogen-bond acceptors (Lipinski definition) is 2. The van der Waals surface area contributed by atoms with Crippen LogP contribution in [-0.2, 0) is 0 Å². The fraction of sp³-hybridized carbons (Fsp3) is 0. The highest BCUT2D eigenvalue weighted by atomic mass is 79.9. The van der Waals surface area contributed by atoms with E-state index in [1.165, 1.54) is 0 Å². The van der Waals surface area contributed by atoms with Gasteiger partial charge in [-0.05, 0) is 34.1 Å². The van der Waals surface area contributed by atoms with E-state index >= 15 is 0 Å². The molecule has 0 spiro atoms. The third kappa shape index (κ3) is 2.62. The second kappa shape index (κ2) is 5.60. The van der Waals surface area contributed by atoms with Crippen LogP contribution in [0.5, 0.6) is 11.6 Å². The molecule has 0 aliphatic rings. The molecular formula is C15H8BrCl2NO. The molecule has 3 aromatic rings. The average molecular weight is 369 g/mol. The summed E-state index contributed by atoms with van der Waals surface area (Å²) in [6.45, 7) is 0. The maximum atomic E-state index is 6.18. The lowest BCUT2D eigenvalue weighted by molar-refractivity contribution is 0.468. The minimum Gasteiger partial charge on any atom is -0.437 e. The Morgan fingerprint density at radius 1 is 0.950 bits per heavy atom. The van der Waals surface area contributed by atoms with Crippen molar-refractivity contribution >= 4 is 49.9 Å². The Balaban J connectivity index is 2.09. The predicted octanol–water partition coefficient (Wildman–Crippen LogP) is 6.10. The molecule has 0 saturated heterocycles. The Bertz CT molecular complexity index is 792. The number of fused-ring (bicyclic) bond motifs is 1. The van der Waals surface area contributed by atoms with E-state index in [0.29, 0.717) is 21.7 Å². The second-order valence-corrected chi connectivity index (χ2v) is 5.86. The number of aromatic nitrogens is 1. The van der Waals surface area contributed by atoms with Crippen LogP contribution in [0.3, 0.4) is 0 Å². The summed E-state index contributed by atoms with van der Waals surface area (Å²) in [6, 6.07) is 13.1. The molecule has 0 bridgehead atoms. The van der Waals surface area contributed by atoms with E-state index in [9.17, 15) is 0 Å². The Morgan fingerprint density at radius 3 is 2.45 bits per heavy atom. The molecule has 0 radical (unpaired) electrons. The van der Waals surface area contributed by atoms with E-state index in [0.717, 1.165) is 15.2 Å². The van der Waals surface area contributed by atoms with E-state index in [1.807, 2.05) is 30.3 Å². The molecule has 0 N–H and O–H groups in total. The van der Waals surface area contributed by atoms with Gasteiger partial charge in [-0.1, -0.05) is 47.5 Å². The zero-order valence-corrected chi connectivity index (χ0v) is 13.2. The molecule has 1 aromatic heterocycles. The average Bonchev–Trinajstić information content (AvgIpc) is 2.45. The molecule has 3 rings (SSSR count). The summed E-state index contributed by atoms with van der Waals surface area (Å²) in [6.07, 6.45) is 1.64. The fourth-order valence-electron chi connectivity index (χ4n) is 1.90. The topological polar surface area (TPSA) is 22.1 Å². The molecule has 2 aromatic carbocycles. The maximum absolute atomic E-state index is 6.18. The first-order valence-corrected chi connectivity index (χ1v) is 7.36. The first kappa shape index (κ1) is 13.7. The van der Waals surface area contributed by atoms with Crippen molar-refractivity contribution in [1.82, 2.24) is 4.98 Å². The van der Waals surface area contributed by atoms with Gasteiger partial charge in [0, 0.05) is 26.5 Å². The van der Waals surface area contributed by atoms with Gasteiger partial charge in [0.15, 0.2) is 0 Å². The third-order valence-electron chi connectivity index (χ3n) is 2.81. The molecule has 1 heterocycles. The van der Waals surface area contributed by atoms with E-state index in [1.54, 1.807) is 18.3 Å². The molecular weight excluding hydrogens is 361 g/mol. The molecule has 0 unspecified atom stereocenters. The molecule has 100 valence electrons. The minimum atomic E-state index is 0.363. The second-order valence-electron chi connectivity index (χ2n) is 4.13. The van der Waals surface area contributed by atoms with Crippen LogP contribution in [0.4, 0.5) is 0 Å². The van der Waals surface area contributed by atoms with Gasteiger partial charge in [0.25, 0.3) is 0 Å². The lowest BCUT2D eigenvalue weighted by atomic mass is 10.1. The highest BCUT2D eigenvalue weighted by Crippen LogP contribution is 2.35. The SMILES string of the molecule is Clc1cc(Br)cnc1Oc1ccc(Cl)c2ccccc12. The van der Waals surface area contributed by atoms with E-state index in [2.05, 4.69) is 20.9 Å². The molecule has 0 aliphatic heterocycles. The largest absolute Gasteiger partial charge is 0.437 e. The van der Waals surface area contributed by atoms with Crippen molar-refractivity contribution < 1.29 is 4.74 Å². The minimum absolute atomic E-state index is 0.363. The smallest absolute Gasteiger partial charge is 0.238 e. The van der Waals surface area contributed by atoms with Crippen molar-refractivity contribution in [3.63, 3.8) is 0 Å². The Kier molecular flexibility index (Phi) is 3.83. The van der Waals surface area contributed by atoms with Crippen LogP contribution in [0.15, 0.2) is 53.1 Å². The van der Waals surface area contributed by atoms with Gasteiger partial charge in [0.05, 0.1) is 0 Å². The highest BCUT2D eigenvalue weighted by Gasteiger charge is 2.10. The van der Waals surface area contributed by atoms with Gasteiger partial charge in [0.2, 0.25) is 5.88 Å². The Hall–Kier alpha value is -1.29. The van der Waals surface area contributed by atoms with Crippen LogP contribution in [0.1, 0.15) is 0 Å². The lowest BCUT2D eigenvalue weighted by Gasteiger charge is -2.10. The van der Waals surface area contributed by atoms with Crippen molar-refractivity contribution in [1.29, 1.82) is 0 Å². The summed E-state index contributed by atoms with van der Waals surface area (Å²) in [5.74, 6) is 1.03. The summed E-state index contributed by atoms with van der Waals surface area (Å²) in [4.78, 5) is 4.17. The molecule has 5 heteroatoms. The molecule has 20 heavy (non-hydrogen) atoms. The van der Waals surface area contributed by atoms with Crippen molar-refractivity contribution in [2.45, 2.75) is 0 Å². The molecule has 0 fully saturated rings. The van der Waals surface area contributed by atoms with Gasteiger partial charge in [-0.15, -0.1) is 0 Å². The first-order valence-electron chi connectivity index (χ1n) is 5.81. The van der Waals surface area contributed by atoms with Crippen LogP contribution in [0, 0.1) is 0 Å². The number of hydrogen-bond donors (Lipinski definition) is 0. The fourth-order valence-corrected chi connectivity index (χ4v) is 2.80. The molecule has 0 atom stereocenters. The molecule has 2 nitrogen and oxygen atoms in total. The number of rotatable bonds is 2. The zero-order chi connectivity index (χ0) is 14.1. The van der Waals surface area contributed by atoms with Gasteiger partial charge in [-0.2, -0.15) is 0 Å². The van der Waals surface area contributed by atoms with Gasteiger partial charge in [-0.3, -0.25) is 0 Å². The van der Waals surface area contributed by atoms with Crippen molar-refractivity contribution in [3.8, 4) is 11.6 Å². The quantitative estimate of drug-likeness (QED) is 0.545.